The summed E-state index contributed by atoms with van der Waals surface area (Å²) < 4.78 is 1.09. The summed E-state index contributed by atoms with van der Waals surface area (Å²) >= 11 is 3.50. The van der Waals surface area contributed by atoms with Crippen LogP contribution < -0.4 is 5.32 Å². The molecule has 18 heavy (non-hydrogen) atoms. The highest BCUT2D eigenvalue weighted by Gasteiger charge is 2.32. The maximum Gasteiger partial charge on any atom is 0.0410 e. The van der Waals surface area contributed by atoms with Crippen LogP contribution in [-0.2, 0) is 6.42 Å². The van der Waals surface area contributed by atoms with Crippen molar-refractivity contribution in [1.29, 1.82) is 0 Å². The van der Waals surface area contributed by atoms with Crippen LogP contribution in [-0.4, -0.2) is 17.6 Å². The molecule has 1 aliphatic rings. The smallest absolute Gasteiger partial charge is 0.0410 e. The minimum absolute atomic E-state index is 0.718. The Morgan fingerprint density at radius 2 is 2.22 bits per heavy atom. The van der Waals surface area contributed by atoms with Crippen molar-refractivity contribution in [2.75, 3.05) is 6.54 Å². The molecular weight excluding hydrogens is 288 g/mol. The van der Waals surface area contributed by atoms with Crippen molar-refractivity contribution in [2.24, 2.45) is 11.8 Å². The van der Waals surface area contributed by atoms with E-state index in [1.807, 2.05) is 12.4 Å². The first kappa shape index (κ1) is 14.0. The largest absolute Gasteiger partial charge is 0.314 e. The van der Waals surface area contributed by atoms with Crippen molar-refractivity contribution in [2.45, 2.75) is 45.6 Å². The Kier molecular flexibility index (Phi) is 5.19. The van der Waals surface area contributed by atoms with Crippen LogP contribution in [0.15, 0.2) is 22.9 Å². The fourth-order valence-electron chi connectivity index (χ4n) is 3.02. The van der Waals surface area contributed by atoms with E-state index >= 15 is 0 Å². The van der Waals surface area contributed by atoms with Crippen LogP contribution in [0.2, 0.25) is 0 Å². The molecule has 1 fully saturated rings. The topological polar surface area (TPSA) is 24.9 Å². The predicted octanol–water partition coefficient (Wildman–Crippen LogP) is 3.80. The zero-order valence-electron chi connectivity index (χ0n) is 11.3. The maximum atomic E-state index is 4.26. The Balaban J connectivity index is 1.91. The molecule has 2 rings (SSSR count). The van der Waals surface area contributed by atoms with Crippen molar-refractivity contribution in [1.82, 2.24) is 10.3 Å². The Hall–Kier alpha value is -0.410. The molecule has 0 radical (unpaired) electrons. The monoisotopic (exact) mass is 310 g/mol. The van der Waals surface area contributed by atoms with Crippen LogP contribution in [0, 0.1) is 11.8 Å². The molecule has 3 atom stereocenters. The molecule has 3 unspecified atom stereocenters. The van der Waals surface area contributed by atoms with E-state index < -0.39 is 0 Å². The second kappa shape index (κ2) is 6.67. The zero-order chi connectivity index (χ0) is 13.0. The first-order valence-electron chi connectivity index (χ1n) is 7.03. The summed E-state index contributed by atoms with van der Waals surface area (Å²) in [5.74, 6) is 1.57. The summed E-state index contributed by atoms with van der Waals surface area (Å²) in [5.41, 5.74) is 1.36. The van der Waals surface area contributed by atoms with Gasteiger partial charge in [0.25, 0.3) is 0 Å². The van der Waals surface area contributed by atoms with Gasteiger partial charge in [0.15, 0.2) is 0 Å². The summed E-state index contributed by atoms with van der Waals surface area (Å²) in [7, 11) is 0. The van der Waals surface area contributed by atoms with E-state index in [1.165, 1.54) is 24.8 Å². The average Bonchev–Trinajstić information content (AvgIpc) is 2.69. The number of halogens is 1. The SMILES string of the molecule is CCCNC1CCC(Cc2cncc(Br)c2)C1C. The summed E-state index contributed by atoms with van der Waals surface area (Å²) in [5, 5.41) is 3.68. The molecule has 0 saturated heterocycles. The zero-order valence-corrected chi connectivity index (χ0v) is 12.9. The van der Waals surface area contributed by atoms with Crippen molar-refractivity contribution >= 4 is 15.9 Å². The highest BCUT2D eigenvalue weighted by atomic mass is 79.9. The van der Waals surface area contributed by atoms with E-state index in [2.05, 4.69) is 46.1 Å². The van der Waals surface area contributed by atoms with Crippen LogP contribution >= 0.6 is 15.9 Å². The van der Waals surface area contributed by atoms with Crippen molar-refractivity contribution in [3.8, 4) is 0 Å². The molecular formula is C15H23BrN2. The summed E-state index contributed by atoms with van der Waals surface area (Å²) in [4.78, 5) is 4.26. The Morgan fingerprint density at radius 1 is 1.39 bits per heavy atom. The van der Waals surface area contributed by atoms with Gasteiger partial charge >= 0.3 is 0 Å². The van der Waals surface area contributed by atoms with Gasteiger partial charge in [-0.2, -0.15) is 0 Å². The van der Waals surface area contributed by atoms with Crippen molar-refractivity contribution in [3.05, 3.63) is 28.5 Å². The lowest BCUT2D eigenvalue weighted by molar-refractivity contribution is 0.351. The Morgan fingerprint density at radius 3 is 2.94 bits per heavy atom. The maximum absolute atomic E-state index is 4.26. The molecule has 0 aliphatic heterocycles. The molecule has 1 aliphatic carbocycles. The van der Waals surface area contributed by atoms with Crippen molar-refractivity contribution in [3.63, 3.8) is 0 Å². The van der Waals surface area contributed by atoms with Gasteiger partial charge in [-0.15, -0.1) is 0 Å². The lowest BCUT2D eigenvalue weighted by atomic mass is 9.90. The van der Waals surface area contributed by atoms with Gasteiger partial charge < -0.3 is 5.32 Å². The summed E-state index contributed by atoms with van der Waals surface area (Å²) in [6.45, 7) is 5.79. The van der Waals surface area contributed by atoms with Crippen LogP contribution in [0.25, 0.3) is 0 Å². The Labute approximate surface area is 119 Å². The van der Waals surface area contributed by atoms with Crippen LogP contribution in [0.5, 0.6) is 0 Å². The van der Waals surface area contributed by atoms with Gasteiger partial charge in [-0.1, -0.05) is 13.8 Å². The fraction of sp³-hybridized carbons (Fsp3) is 0.667. The normalized spacial score (nSPS) is 27.6. The number of hydrogen-bond donors (Lipinski definition) is 1. The number of nitrogens with one attached hydrogen (secondary N) is 1. The van der Waals surface area contributed by atoms with Crippen molar-refractivity contribution < 1.29 is 0 Å². The minimum atomic E-state index is 0.718. The molecule has 100 valence electrons. The van der Waals surface area contributed by atoms with E-state index in [0.29, 0.717) is 0 Å². The van der Waals surface area contributed by atoms with Crippen LogP contribution in [0.3, 0.4) is 0 Å². The molecule has 2 nitrogen and oxygen atoms in total. The second-order valence-electron chi connectivity index (χ2n) is 5.47. The van der Waals surface area contributed by atoms with Gasteiger partial charge in [0.1, 0.15) is 0 Å². The number of nitrogens with zero attached hydrogens (tertiary/aromatic N) is 1. The molecule has 0 bridgehead atoms. The number of hydrogen-bond acceptors (Lipinski definition) is 2. The van der Waals surface area contributed by atoms with E-state index in [-0.39, 0.29) is 0 Å². The molecule has 0 aromatic carbocycles. The minimum Gasteiger partial charge on any atom is -0.314 e. The van der Waals surface area contributed by atoms with Gasteiger partial charge in [-0.3, -0.25) is 4.98 Å². The molecule has 0 amide bonds. The molecule has 1 heterocycles. The molecule has 0 spiro atoms. The first-order valence-corrected chi connectivity index (χ1v) is 7.82. The lowest BCUT2D eigenvalue weighted by Crippen LogP contribution is -2.33. The second-order valence-corrected chi connectivity index (χ2v) is 6.39. The standard InChI is InChI=1S/C15H23BrN2/c1-3-6-18-15-5-4-13(11(15)2)7-12-8-14(16)10-17-9-12/h8-11,13,15,18H,3-7H2,1-2H3. The third kappa shape index (κ3) is 3.55. The van der Waals surface area contributed by atoms with E-state index in [9.17, 15) is 0 Å². The van der Waals surface area contributed by atoms with E-state index in [1.54, 1.807) is 0 Å². The first-order chi connectivity index (χ1) is 8.70. The van der Waals surface area contributed by atoms with Gasteiger partial charge in [0.05, 0.1) is 0 Å². The third-order valence-corrected chi connectivity index (χ3v) is 4.58. The highest BCUT2D eigenvalue weighted by Crippen LogP contribution is 2.34. The lowest BCUT2D eigenvalue weighted by Gasteiger charge is -2.21. The van der Waals surface area contributed by atoms with Crippen LogP contribution in [0.1, 0.15) is 38.7 Å². The molecule has 1 aromatic heterocycles. The number of rotatable bonds is 5. The quantitative estimate of drug-likeness (QED) is 0.894. The molecule has 1 aromatic rings. The van der Waals surface area contributed by atoms with Gasteiger partial charge in [-0.05, 0) is 71.6 Å². The van der Waals surface area contributed by atoms with E-state index in [4.69, 9.17) is 0 Å². The number of pyridine rings is 1. The summed E-state index contributed by atoms with van der Waals surface area (Å²) in [6, 6.07) is 2.92. The van der Waals surface area contributed by atoms with Gasteiger partial charge in [0, 0.05) is 22.9 Å². The third-order valence-electron chi connectivity index (χ3n) is 4.14. The molecule has 1 N–H and O–H groups in total. The van der Waals surface area contributed by atoms with Gasteiger partial charge in [0.2, 0.25) is 0 Å². The molecule has 3 heteroatoms. The average molecular weight is 311 g/mol. The highest BCUT2D eigenvalue weighted by molar-refractivity contribution is 9.10. The Bertz CT molecular complexity index is 381. The fourth-order valence-corrected chi connectivity index (χ4v) is 3.44. The van der Waals surface area contributed by atoms with Crippen LogP contribution in [0.4, 0.5) is 0 Å². The summed E-state index contributed by atoms with van der Waals surface area (Å²) in [6.07, 6.45) is 8.92. The predicted molar refractivity (Wildman–Crippen MR) is 79.6 cm³/mol. The molecule has 1 saturated carbocycles. The van der Waals surface area contributed by atoms with E-state index in [0.717, 1.165) is 35.3 Å². The van der Waals surface area contributed by atoms with Gasteiger partial charge in [-0.25, -0.2) is 0 Å². The number of aromatic nitrogens is 1.